The average molecular weight is 485 g/mol. The predicted molar refractivity (Wildman–Crippen MR) is 135 cm³/mol. The second-order valence-corrected chi connectivity index (χ2v) is 7.77. The highest BCUT2D eigenvalue weighted by Gasteiger charge is 2.17. The van der Waals surface area contributed by atoms with E-state index in [-0.39, 0.29) is 12.3 Å². The number of hydrogen-bond acceptors (Lipinski definition) is 8. The molecule has 3 aromatic carbocycles. The first-order chi connectivity index (χ1) is 17.3. The summed E-state index contributed by atoms with van der Waals surface area (Å²) in [4.78, 5) is 30.1. The van der Waals surface area contributed by atoms with E-state index < -0.39 is 26.3 Å². The first kappa shape index (κ1) is 24.9. The van der Waals surface area contributed by atoms with Gasteiger partial charge in [-0.1, -0.05) is 48.5 Å². The molecule has 0 atom stereocenters. The number of para-hydroxylation sites is 1. The Morgan fingerprint density at radius 3 is 2.36 bits per heavy atom. The van der Waals surface area contributed by atoms with Crippen molar-refractivity contribution in [1.82, 2.24) is 10.3 Å². The molecule has 4 aromatic rings. The number of aromatic nitrogens is 1. The van der Waals surface area contributed by atoms with Crippen LogP contribution in [0.5, 0.6) is 5.75 Å². The Labute approximate surface area is 206 Å². The first-order valence-corrected chi connectivity index (χ1v) is 10.9. The number of pyridine rings is 1. The van der Waals surface area contributed by atoms with Crippen molar-refractivity contribution >= 4 is 48.3 Å². The number of anilines is 1. The highest BCUT2D eigenvalue weighted by atomic mass is 16.6. The number of fused-ring (bicyclic) bond motifs is 1. The number of benzene rings is 3. The number of hydrogen-bond donors (Lipinski definition) is 6. The van der Waals surface area contributed by atoms with E-state index in [1.54, 1.807) is 66.7 Å². The van der Waals surface area contributed by atoms with Gasteiger partial charge in [0.2, 0.25) is 5.91 Å². The summed E-state index contributed by atoms with van der Waals surface area (Å²) < 4.78 is 4.76. The topological polar surface area (TPSA) is 161 Å². The molecule has 0 bridgehead atoms. The summed E-state index contributed by atoms with van der Waals surface area (Å²) in [5.74, 6) is -0.834. The molecule has 10 nitrogen and oxygen atoms in total. The summed E-state index contributed by atoms with van der Waals surface area (Å²) >= 11 is 0. The highest BCUT2D eigenvalue weighted by Crippen LogP contribution is 2.24. The molecule has 4 rings (SSSR count). The third-order valence-electron chi connectivity index (χ3n) is 5.23. The molecule has 0 aliphatic carbocycles. The van der Waals surface area contributed by atoms with Crippen LogP contribution in [0.1, 0.15) is 10.4 Å². The molecule has 6 N–H and O–H groups in total. The van der Waals surface area contributed by atoms with E-state index in [0.29, 0.717) is 38.9 Å². The molecule has 0 fully saturated rings. The molecule has 0 aliphatic rings. The lowest BCUT2D eigenvalue weighted by Gasteiger charge is -2.12. The number of rotatable bonds is 8. The Hall–Kier alpha value is -4.22. The zero-order valence-electron chi connectivity index (χ0n) is 18.8. The Kier molecular flexibility index (Phi) is 7.62. The fourth-order valence-electron chi connectivity index (χ4n) is 3.57. The molecule has 0 aliphatic heterocycles. The molecule has 180 valence electrons. The van der Waals surface area contributed by atoms with Crippen molar-refractivity contribution < 1.29 is 34.3 Å². The quantitative estimate of drug-likeness (QED) is 0.194. The average Bonchev–Trinajstić information content (AvgIpc) is 2.86. The number of nitrogens with one attached hydrogen (secondary N) is 2. The normalized spacial score (nSPS) is 10.6. The van der Waals surface area contributed by atoms with Gasteiger partial charge < -0.3 is 35.4 Å². The van der Waals surface area contributed by atoms with Crippen LogP contribution in [0.25, 0.3) is 22.2 Å². The Bertz CT molecular complexity index is 1400. The van der Waals surface area contributed by atoms with Gasteiger partial charge in [0, 0.05) is 22.7 Å². The molecule has 12 heteroatoms. The van der Waals surface area contributed by atoms with E-state index >= 15 is 0 Å². The maximum atomic E-state index is 13.1. The Morgan fingerprint density at radius 2 is 1.64 bits per heavy atom. The zero-order chi connectivity index (χ0) is 25.7. The SMILES string of the molecule is O=C(CNC(=O)c1cc(-c2ccc(B(O)O)cc2)nc2ccccc12)Nc1cccc(OB(O)O)c1. The van der Waals surface area contributed by atoms with Gasteiger partial charge >= 0.3 is 14.4 Å². The van der Waals surface area contributed by atoms with Crippen LogP contribution in [-0.2, 0) is 4.79 Å². The van der Waals surface area contributed by atoms with E-state index in [4.69, 9.17) is 14.7 Å². The number of carbonyl (C=O) groups is 2. The van der Waals surface area contributed by atoms with Crippen molar-refractivity contribution in [1.29, 1.82) is 0 Å². The number of carbonyl (C=O) groups excluding carboxylic acids is 2. The second-order valence-electron chi connectivity index (χ2n) is 7.77. The lowest BCUT2D eigenvalue weighted by atomic mass is 9.80. The maximum absolute atomic E-state index is 13.1. The lowest BCUT2D eigenvalue weighted by molar-refractivity contribution is -0.115. The third-order valence-corrected chi connectivity index (χ3v) is 5.23. The van der Waals surface area contributed by atoms with Crippen LogP contribution >= 0.6 is 0 Å². The summed E-state index contributed by atoms with van der Waals surface area (Å²) in [6.07, 6.45) is 0. The van der Waals surface area contributed by atoms with Crippen LogP contribution in [0.2, 0.25) is 0 Å². The molecule has 0 saturated carbocycles. The Balaban J connectivity index is 1.51. The smallest absolute Gasteiger partial charge is 0.512 e. The van der Waals surface area contributed by atoms with Crippen LogP contribution < -0.4 is 20.8 Å². The monoisotopic (exact) mass is 485 g/mol. The van der Waals surface area contributed by atoms with E-state index in [0.717, 1.165) is 0 Å². The zero-order valence-corrected chi connectivity index (χ0v) is 18.8. The summed E-state index contributed by atoms with van der Waals surface area (Å²) in [6.45, 7) is -0.318. The summed E-state index contributed by atoms with van der Waals surface area (Å²) in [5, 5.41) is 42.3. The lowest BCUT2D eigenvalue weighted by Crippen LogP contribution is -2.33. The van der Waals surface area contributed by atoms with Crippen molar-refractivity contribution in [2.45, 2.75) is 0 Å². The summed E-state index contributed by atoms with van der Waals surface area (Å²) in [5.41, 5.74) is 2.76. The van der Waals surface area contributed by atoms with E-state index in [2.05, 4.69) is 15.6 Å². The van der Waals surface area contributed by atoms with Gasteiger partial charge in [-0.05, 0) is 29.7 Å². The molecule has 0 spiro atoms. The molecule has 0 unspecified atom stereocenters. The van der Waals surface area contributed by atoms with Crippen LogP contribution in [0.15, 0.2) is 78.9 Å². The van der Waals surface area contributed by atoms with Gasteiger partial charge in [-0.15, -0.1) is 0 Å². The fourth-order valence-corrected chi connectivity index (χ4v) is 3.57. The predicted octanol–water partition coefficient (Wildman–Crippen LogP) is 0.298. The third kappa shape index (κ3) is 6.06. The van der Waals surface area contributed by atoms with E-state index in [1.807, 2.05) is 0 Å². The molecule has 0 saturated heterocycles. The standard InChI is InChI=1S/C24H21B2N3O7/c30-23(28-17-4-3-5-18(12-17)36-26(34)35)14-27-24(31)20-13-22(29-21-7-2-1-6-19(20)21)15-8-10-16(11-9-15)25(32)33/h1-13,32-35H,14H2,(H,27,31)(H,28,30). The molecule has 0 radical (unpaired) electrons. The summed E-state index contributed by atoms with van der Waals surface area (Å²) in [6, 6.07) is 21.2. The van der Waals surface area contributed by atoms with E-state index in [1.165, 1.54) is 12.1 Å². The molecular weight excluding hydrogens is 464 g/mol. The van der Waals surface area contributed by atoms with E-state index in [9.17, 15) is 19.6 Å². The molecular formula is C24H21B2N3O7. The van der Waals surface area contributed by atoms with Gasteiger partial charge in [0.15, 0.2) is 0 Å². The van der Waals surface area contributed by atoms with Crippen LogP contribution in [-0.4, -0.2) is 57.9 Å². The minimum atomic E-state index is -1.99. The highest BCUT2D eigenvalue weighted by molar-refractivity contribution is 6.58. The van der Waals surface area contributed by atoms with Crippen molar-refractivity contribution in [2.24, 2.45) is 0 Å². The van der Waals surface area contributed by atoms with Crippen molar-refractivity contribution in [2.75, 3.05) is 11.9 Å². The molecule has 2 amide bonds. The van der Waals surface area contributed by atoms with Crippen molar-refractivity contribution in [3.8, 4) is 17.0 Å². The van der Waals surface area contributed by atoms with Gasteiger partial charge in [0.1, 0.15) is 5.75 Å². The fraction of sp³-hybridized carbons (Fsp3) is 0.0417. The van der Waals surface area contributed by atoms with Gasteiger partial charge in [-0.25, -0.2) is 4.98 Å². The number of nitrogens with zero attached hydrogens (tertiary/aromatic N) is 1. The maximum Gasteiger partial charge on any atom is 0.707 e. The van der Waals surface area contributed by atoms with Crippen molar-refractivity contribution in [3.63, 3.8) is 0 Å². The molecule has 1 aromatic heterocycles. The van der Waals surface area contributed by atoms with Gasteiger partial charge in [-0.2, -0.15) is 0 Å². The van der Waals surface area contributed by atoms with Gasteiger partial charge in [-0.3, -0.25) is 9.59 Å². The largest absolute Gasteiger partial charge is 0.707 e. The summed E-state index contributed by atoms with van der Waals surface area (Å²) in [7, 11) is -3.58. The van der Waals surface area contributed by atoms with Crippen LogP contribution in [0.3, 0.4) is 0 Å². The molecule has 1 heterocycles. The number of amides is 2. The van der Waals surface area contributed by atoms with Crippen LogP contribution in [0, 0.1) is 0 Å². The minimum absolute atomic E-state index is 0.143. The first-order valence-electron chi connectivity index (χ1n) is 10.9. The molecule has 36 heavy (non-hydrogen) atoms. The van der Waals surface area contributed by atoms with Crippen molar-refractivity contribution in [3.05, 3.63) is 84.4 Å². The minimum Gasteiger partial charge on any atom is -0.512 e. The van der Waals surface area contributed by atoms with Gasteiger partial charge in [0.25, 0.3) is 5.91 Å². The second kappa shape index (κ2) is 11.0. The Morgan fingerprint density at radius 1 is 0.889 bits per heavy atom. The van der Waals surface area contributed by atoms with Crippen LogP contribution in [0.4, 0.5) is 5.69 Å². The van der Waals surface area contributed by atoms with Gasteiger partial charge in [0.05, 0.1) is 23.3 Å².